The standard InChI is InChI=1S/C24H25N3O5S/c1-2-33(31,32)26-18-12-10-17(11-13-18)25-23(29)21-8-5-15-27(21)24(30)20-14-9-16-6-3-4-7-19(16)22(20)28/h3-4,6-7,9-14,21,26,28H,2,5,8,15H2,1H3,(H,25,29). The summed E-state index contributed by atoms with van der Waals surface area (Å²) in [6.07, 6.45) is 1.19. The Bertz CT molecular complexity index is 1310. The number of carbonyl (C=O) groups is 2. The van der Waals surface area contributed by atoms with Crippen molar-refractivity contribution in [1.29, 1.82) is 0 Å². The molecule has 4 rings (SSSR count). The van der Waals surface area contributed by atoms with Crippen molar-refractivity contribution in [1.82, 2.24) is 4.90 Å². The maximum absolute atomic E-state index is 13.2. The van der Waals surface area contributed by atoms with Crippen LogP contribution in [0, 0.1) is 0 Å². The molecule has 1 atom stereocenters. The highest BCUT2D eigenvalue weighted by atomic mass is 32.2. The molecule has 0 aromatic heterocycles. The van der Waals surface area contributed by atoms with Crippen LogP contribution < -0.4 is 10.0 Å². The quantitative estimate of drug-likeness (QED) is 0.513. The van der Waals surface area contributed by atoms with Crippen molar-refractivity contribution in [2.45, 2.75) is 25.8 Å². The third-order valence-electron chi connectivity index (χ3n) is 5.75. The topological polar surface area (TPSA) is 116 Å². The zero-order valence-corrected chi connectivity index (χ0v) is 18.9. The van der Waals surface area contributed by atoms with Crippen molar-refractivity contribution in [3.05, 3.63) is 66.2 Å². The lowest BCUT2D eigenvalue weighted by Crippen LogP contribution is -2.43. The number of rotatable bonds is 6. The largest absolute Gasteiger partial charge is 0.506 e. The third-order valence-corrected chi connectivity index (χ3v) is 7.06. The van der Waals surface area contributed by atoms with Gasteiger partial charge in [0, 0.05) is 23.3 Å². The number of hydrogen-bond acceptors (Lipinski definition) is 5. The first kappa shape index (κ1) is 22.6. The van der Waals surface area contributed by atoms with Crippen LogP contribution in [0.1, 0.15) is 30.1 Å². The van der Waals surface area contributed by atoms with E-state index in [1.165, 1.54) is 4.90 Å². The Morgan fingerprint density at radius 2 is 1.73 bits per heavy atom. The number of carbonyl (C=O) groups excluding carboxylic acids is 2. The van der Waals surface area contributed by atoms with Gasteiger partial charge in [0.25, 0.3) is 5.91 Å². The smallest absolute Gasteiger partial charge is 0.258 e. The summed E-state index contributed by atoms with van der Waals surface area (Å²) >= 11 is 0. The summed E-state index contributed by atoms with van der Waals surface area (Å²) in [6, 6.07) is 16.3. The van der Waals surface area contributed by atoms with E-state index in [1.54, 1.807) is 55.5 Å². The second-order valence-corrected chi connectivity index (χ2v) is 9.92. The van der Waals surface area contributed by atoms with E-state index in [0.29, 0.717) is 36.1 Å². The highest BCUT2D eigenvalue weighted by molar-refractivity contribution is 7.92. The van der Waals surface area contributed by atoms with E-state index in [0.717, 1.165) is 5.39 Å². The number of likely N-dealkylation sites (tertiary alicyclic amines) is 1. The second-order valence-electron chi connectivity index (χ2n) is 7.91. The number of phenolic OH excluding ortho intramolecular Hbond substituents is 1. The number of benzene rings is 3. The first-order valence-corrected chi connectivity index (χ1v) is 12.4. The molecule has 9 heteroatoms. The van der Waals surface area contributed by atoms with E-state index in [2.05, 4.69) is 10.0 Å². The SMILES string of the molecule is CCS(=O)(=O)Nc1ccc(NC(=O)C2CCCN2C(=O)c2ccc3ccccc3c2O)cc1. The van der Waals surface area contributed by atoms with Gasteiger partial charge in [0.15, 0.2) is 0 Å². The third kappa shape index (κ3) is 4.78. The Hall–Kier alpha value is -3.59. The zero-order valence-electron chi connectivity index (χ0n) is 18.1. The molecule has 1 fully saturated rings. The maximum Gasteiger partial charge on any atom is 0.258 e. The number of nitrogens with zero attached hydrogens (tertiary/aromatic N) is 1. The Balaban J connectivity index is 1.48. The number of fused-ring (bicyclic) bond motifs is 1. The predicted molar refractivity (Wildman–Crippen MR) is 128 cm³/mol. The fourth-order valence-corrected chi connectivity index (χ4v) is 4.60. The van der Waals surface area contributed by atoms with Gasteiger partial charge in [-0.2, -0.15) is 0 Å². The summed E-state index contributed by atoms with van der Waals surface area (Å²) < 4.78 is 25.8. The number of nitrogens with one attached hydrogen (secondary N) is 2. The molecule has 3 aromatic carbocycles. The van der Waals surface area contributed by atoms with Crippen molar-refractivity contribution in [3.63, 3.8) is 0 Å². The molecule has 1 heterocycles. The lowest BCUT2D eigenvalue weighted by molar-refractivity contribution is -0.119. The van der Waals surface area contributed by atoms with Crippen LogP contribution in [0.15, 0.2) is 60.7 Å². The van der Waals surface area contributed by atoms with E-state index in [1.807, 2.05) is 12.1 Å². The van der Waals surface area contributed by atoms with Gasteiger partial charge in [0.05, 0.1) is 11.3 Å². The highest BCUT2D eigenvalue weighted by Crippen LogP contribution is 2.31. The Morgan fingerprint density at radius 1 is 1.03 bits per heavy atom. The monoisotopic (exact) mass is 467 g/mol. The first-order valence-electron chi connectivity index (χ1n) is 10.7. The molecule has 1 saturated heterocycles. The minimum Gasteiger partial charge on any atom is -0.506 e. The lowest BCUT2D eigenvalue weighted by atomic mass is 10.0. The molecule has 0 aliphatic carbocycles. The van der Waals surface area contributed by atoms with Crippen molar-refractivity contribution in [2.75, 3.05) is 22.3 Å². The molecule has 0 radical (unpaired) electrons. The number of anilines is 2. The summed E-state index contributed by atoms with van der Waals surface area (Å²) in [6.45, 7) is 1.96. The van der Waals surface area contributed by atoms with Crippen LogP contribution in [-0.4, -0.2) is 48.6 Å². The molecule has 33 heavy (non-hydrogen) atoms. The molecule has 172 valence electrons. The predicted octanol–water partition coefficient (Wildman–Crippen LogP) is 3.55. The number of amides is 2. The van der Waals surface area contributed by atoms with Gasteiger partial charge in [-0.15, -0.1) is 0 Å². The Kier molecular flexibility index (Phi) is 6.24. The minimum atomic E-state index is -3.38. The summed E-state index contributed by atoms with van der Waals surface area (Å²) in [7, 11) is -3.38. The van der Waals surface area contributed by atoms with Crippen molar-refractivity contribution in [2.24, 2.45) is 0 Å². The highest BCUT2D eigenvalue weighted by Gasteiger charge is 2.35. The maximum atomic E-state index is 13.2. The van der Waals surface area contributed by atoms with Gasteiger partial charge in [0.2, 0.25) is 15.9 Å². The molecular formula is C24H25N3O5S. The van der Waals surface area contributed by atoms with Crippen LogP contribution in [0.2, 0.25) is 0 Å². The van der Waals surface area contributed by atoms with Gasteiger partial charge in [-0.1, -0.05) is 30.3 Å². The van der Waals surface area contributed by atoms with Crippen LogP contribution in [0.3, 0.4) is 0 Å². The molecule has 0 bridgehead atoms. The normalized spacial score (nSPS) is 16.0. The van der Waals surface area contributed by atoms with Crippen molar-refractivity contribution < 1.29 is 23.1 Å². The molecule has 3 aromatic rings. The number of phenols is 1. The summed E-state index contributed by atoms with van der Waals surface area (Å²) in [5, 5.41) is 14.9. The summed E-state index contributed by atoms with van der Waals surface area (Å²) in [5.74, 6) is -0.846. The van der Waals surface area contributed by atoms with Crippen LogP contribution in [-0.2, 0) is 14.8 Å². The molecule has 1 aliphatic rings. The molecule has 2 amide bonds. The second kappa shape index (κ2) is 9.11. The average molecular weight is 468 g/mol. The minimum absolute atomic E-state index is 0.0379. The molecule has 0 saturated carbocycles. The molecular weight excluding hydrogens is 442 g/mol. The van der Waals surface area contributed by atoms with Crippen molar-refractivity contribution >= 4 is 44.0 Å². The Labute approximate surface area is 192 Å². The number of aromatic hydroxyl groups is 1. The first-order chi connectivity index (χ1) is 15.8. The van der Waals surface area contributed by atoms with Crippen LogP contribution >= 0.6 is 0 Å². The van der Waals surface area contributed by atoms with E-state index in [9.17, 15) is 23.1 Å². The fourth-order valence-electron chi connectivity index (χ4n) is 3.96. The fraction of sp³-hybridized carbons (Fsp3) is 0.250. The van der Waals surface area contributed by atoms with Crippen molar-refractivity contribution in [3.8, 4) is 5.75 Å². The molecule has 1 aliphatic heterocycles. The molecule has 1 unspecified atom stereocenters. The van der Waals surface area contributed by atoms with Gasteiger partial charge in [0.1, 0.15) is 11.8 Å². The average Bonchev–Trinajstić information content (AvgIpc) is 3.30. The van der Waals surface area contributed by atoms with E-state index in [4.69, 9.17) is 0 Å². The molecule has 0 spiro atoms. The van der Waals surface area contributed by atoms with Gasteiger partial charge in [-0.05, 0) is 55.5 Å². The molecule has 8 nitrogen and oxygen atoms in total. The van der Waals surface area contributed by atoms with E-state index < -0.39 is 16.1 Å². The lowest BCUT2D eigenvalue weighted by Gasteiger charge is -2.24. The number of hydrogen-bond donors (Lipinski definition) is 3. The van der Waals surface area contributed by atoms with E-state index in [-0.39, 0.29) is 28.9 Å². The Morgan fingerprint density at radius 3 is 2.45 bits per heavy atom. The summed E-state index contributed by atoms with van der Waals surface area (Å²) in [4.78, 5) is 27.6. The van der Waals surface area contributed by atoms with Crippen LogP contribution in [0.5, 0.6) is 5.75 Å². The van der Waals surface area contributed by atoms with Gasteiger partial charge < -0.3 is 15.3 Å². The van der Waals surface area contributed by atoms with E-state index >= 15 is 0 Å². The zero-order chi connectivity index (χ0) is 23.6. The van der Waals surface area contributed by atoms with Crippen LogP contribution in [0.4, 0.5) is 11.4 Å². The van der Waals surface area contributed by atoms with Crippen LogP contribution in [0.25, 0.3) is 10.8 Å². The number of sulfonamides is 1. The van der Waals surface area contributed by atoms with Gasteiger partial charge in [-0.25, -0.2) is 8.42 Å². The molecule has 3 N–H and O–H groups in total. The van der Waals surface area contributed by atoms with Gasteiger partial charge >= 0.3 is 0 Å². The van der Waals surface area contributed by atoms with Gasteiger partial charge in [-0.3, -0.25) is 14.3 Å². The summed E-state index contributed by atoms with van der Waals surface area (Å²) in [5.41, 5.74) is 1.06.